The molecule has 0 radical (unpaired) electrons. The van der Waals surface area contributed by atoms with Crippen LogP contribution in [0.25, 0.3) is 11.5 Å². The van der Waals surface area contributed by atoms with Gasteiger partial charge in [-0.1, -0.05) is 26.8 Å². The van der Waals surface area contributed by atoms with Crippen LogP contribution < -0.4 is 14.2 Å². The Morgan fingerprint density at radius 3 is 2.63 bits per heavy atom. The lowest BCUT2D eigenvalue weighted by molar-refractivity contribution is -0.137. The largest absolute Gasteiger partial charge is 0.493 e. The Morgan fingerprint density at radius 1 is 1.11 bits per heavy atom. The van der Waals surface area contributed by atoms with Crippen molar-refractivity contribution < 1.29 is 28.5 Å². The van der Waals surface area contributed by atoms with Crippen LogP contribution >= 0.6 is 0 Å². The predicted octanol–water partition coefficient (Wildman–Crippen LogP) is 6.00. The Labute approximate surface area is 206 Å². The normalized spacial score (nSPS) is 15.0. The van der Waals surface area contributed by atoms with Crippen molar-refractivity contribution in [2.75, 3.05) is 20.3 Å². The number of aryl methyl sites for hydroxylation is 1. The van der Waals surface area contributed by atoms with E-state index in [-0.39, 0.29) is 17.8 Å². The first-order valence-electron chi connectivity index (χ1n) is 12.0. The number of hydrogen-bond acceptors (Lipinski definition) is 6. The molecule has 0 aliphatic heterocycles. The van der Waals surface area contributed by atoms with Crippen molar-refractivity contribution in [3.05, 3.63) is 59.5 Å². The van der Waals surface area contributed by atoms with Crippen molar-refractivity contribution in [2.24, 2.45) is 0 Å². The highest BCUT2D eigenvalue weighted by Crippen LogP contribution is 2.37. The number of ether oxygens (including phenoxy) is 3. The number of carboxylic acids is 1. The van der Waals surface area contributed by atoms with E-state index < -0.39 is 5.97 Å². The molecule has 1 aliphatic rings. The molecule has 0 saturated heterocycles. The number of carbonyl (C=O) groups is 1. The molecular weight excluding hydrogens is 446 g/mol. The SMILES string of the molecule is COc1cc(-c2nc(C(C)(C)C)co2)ccc1OCCCOc1ccc2c(c1)CC[C@H]2CC(=O)O. The minimum atomic E-state index is -0.748. The molecule has 0 amide bonds. The van der Waals surface area contributed by atoms with Gasteiger partial charge in [0.05, 0.1) is 32.4 Å². The van der Waals surface area contributed by atoms with Gasteiger partial charge in [0.1, 0.15) is 12.0 Å². The number of benzene rings is 2. The molecule has 1 aliphatic carbocycles. The lowest BCUT2D eigenvalue weighted by atomic mass is 9.93. The van der Waals surface area contributed by atoms with Gasteiger partial charge in [0.15, 0.2) is 11.5 Å². The van der Waals surface area contributed by atoms with Crippen molar-refractivity contribution in [1.29, 1.82) is 0 Å². The van der Waals surface area contributed by atoms with Crippen LogP contribution in [0.5, 0.6) is 17.2 Å². The van der Waals surface area contributed by atoms with Crippen LogP contribution in [-0.2, 0) is 16.6 Å². The number of methoxy groups -OCH3 is 1. The van der Waals surface area contributed by atoms with E-state index in [9.17, 15) is 4.79 Å². The third-order valence-electron chi connectivity index (χ3n) is 6.24. The number of aliphatic carboxylic acids is 1. The number of nitrogens with zero attached hydrogens (tertiary/aromatic N) is 1. The number of hydrogen-bond donors (Lipinski definition) is 1. The van der Waals surface area contributed by atoms with Gasteiger partial charge in [0.2, 0.25) is 5.89 Å². The summed E-state index contributed by atoms with van der Waals surface area (Å²) in [5, 5.41) is 9.08. The maximum absolute atomic E-state index is 11.0. The predicted molar refractivity (Wildman–Crippen MR) is 133 cm³/mol. The lowest BCUT2D eigenvalue weighted by Crippen LogP contribution is -2.11. The fourth-order valence-corrected chi connectivity index (χ4v) is 4.30. The Morgan fingerprint density at radius 2 is 1.91 bits per heavy atom. The Hall–Kier alpha value is -3.48. The average molecular weight is 480 g/mol. The summed E-state index contributed by atoms with van der Waals surface area (Å²) in [5.74, 6) is 1.99. The third kappa shape index (κ3) is 5.96. The van der Waals surface area contributed by atoms with Crippen molar-refractivity contribution in [2.45, 2.75) is 57.8 Å². The molecule has 0 bridgehead atoms. The van der Waals surface area contributed by atoms with E-state index in [1.807, 2.05) is 36.4 Å². The molecule has 0 saturated carbocycles. The van der Waals surface area contributed by atoms with Crippen LogP contribution in [0.15, 0.2) is 47.1 Å². The van der Waals surface area contributed by atoms with Gasteiger partial charge >= 0.3 is 5.97 Å². The van der Waals surface area contributed by atoms with Crippen LogP contribution in [0, 0.1) is 0 Å². The Balaban J connectivity index is 1.28. The Kier molecular flexibility index (Phi) is 7.34. The molecule has 4 rings (SSSR count). The summed E-state index contributed by atoms with van der Waals surface area (Å²) in [6.45, 7) is 7.28. The zero-order valence-corrected chi connectivity index (χ0v) is 20.8. The minimum Gasteiger partial charge on any atom is -0.493 e. The highest BCUT2D eigenvalue weighted by atomic mass is 16.5. The van der Waals surface area contributed by atoms with Crippen molar-refractivity contribution in [3.8, 4) is 28.7 Å². The molecular formula is C28H33NO6. The first kappa shape index (κ1) is 24.6. The molecule has 1 N–H and O–H groups in total. The van der Waals surface area contributed by atoms with Crippen LogP contribution in [0.3, 0.4) is 0 Å². The molecule has 0 unspecified atom stereocenters. The average Bonchev–Trinajstić information content (AvgIpc) is 3.46. The first-order valence-corrected chi connectivity index (χ1v) is 12.0. The highest BCUT2D eigenvalue weighted by molar-refractivity contribution is 5.68. The van der Waals surface area contributed by atoms with Gasteiger partial charge < -0.3 is 23.7 Å². The molecule has 1 atom stereocenters. The van der Waals surface area contributed by atoms with Gasteiger partial charge in [-0.2, -0.15) is 0 Å². The molecule has 1 aromatic heterocycles. The second kappa shape index (κ2) is 10.4. The second-order valence-electron chi connectivity index (χ2n) is 9.90. The standard InChI is InChI=1S/C28H33NO6/c1-28(2,3)25-17-35-27(29-25)20-8-11-23(24(15-20)32-4)34-13-5-12-33-21-9-10-22-18(14-21)6-7-19(22)16-26(30)31/h8-11,14-15,17,19H,5-7,12-13,16H2,1-4H3,(H,30,31)/t19-/m0/s1. The minimum absolute atomic E-state index is 0.0838. The second-order valence-corrected chi connectivity index (χ2v) is 9.90. The molecule has 7 heteroatoms. The number of rotatable bonds is 10. The van der Waals surface area contributed by atoms with Crippen molar-refractivity contribution in [3.63, 3.8) is 0 Å². The van der Waals surface area contributed by atoms with Crippen LogP contribution in [0.4, 0.5) is 0 Å². The summed E-state index contributed by atoms with van der Waals surface area (Å²) in [6, 6.07) is 11.6. The smallest absolute Gasteiger partial charge is 0.303 e. The summed E-state index contributed by atoms with van der Waals surface area (Å²) in [6.07, 6.45) is 4.37. The Bertz CT molecular complexity index is 1180. The molecule has 7 nitrogen and oxygen atoms in total. The van der Waals surface area contributed by atoms with Gasteiger partial charge in [-0.25, -0.2) is 4.98 Å². The fraction of sp³-hybridized carbons (Fsp3) is 0.429. The summed E-state index contributed by atoms with van der Waals surface area (Å²) >= 11 is 0. The van der Waals surface area contributed by atoms with Crippen LogP contribution in [0.1, 0.15) is 62.8 Å². The summed E-state index contributed by atoms with van der Waals surface area (Å²) in [7, 11) is 1.61. The van der Waals surface area contributed by atoms with Gasteiger partial charge in [-0.3, -0.25) is 4.79 Å². The van der Waals surface area contributed by atoms with E-state index in [1.165, 1.54) is 5.56 Å². The van der Waals surface area contributed by atoms with Gasteiger partial charge in [0.25, 0.3) is 0 Å². The van der Waals surface area contributed by atoms with Gasteiger partial charge in [0, 0.05) is 17.4 Å². The summed E-state index contributed by atoms with van der Waals surface area (Å²) in [4.78, 5) is 15.6. The maximum atomic E-state index is 11.0. The number of oxazole rings is 1. The number of carboxylic acid groups (broad SMARTS) is 1. The van der Waals surface area contributed by atoms with Crippen LogP contribution in [-0.4, -0.2) is 36.4 Å². The number of fused-ring (bicyclic) bond motifs is 1. The van der Waals surface area contributed by atoms with Gasteiger partial charge in [-0.15, -0.1) is 0 Å². The summed E-state index contributed by atoms with van der Waals surface area (Å²) < 4.78 is 23.0. The molecule has 0 fully saturated rings. The van der Waals surface area contributed by atoms with E-state index >= 15 is 0 Å². The molecule has 3 aromatic rings. The quantitative estimate of drug-likeness (QED) is 0.357. The fourth-order valence-electron chi connectivity index (χ4n) is 4.30. The third-order valence-corrected chi connectivity index (χ3v) is 6.24. The van der Waals surface area contributed by atoms with Crippen molar-refractivity contribution in [1.82, 2.24) is 4.98 Å². The van der Waals surface area contributed by atoms with Gasteiger partial charge in [-0.05, 0) is 60.2 Å². The first-order chi connectivity index (χ1) is 16.7. The topological polar surface area (TPSA) is 91.0 Å². The molecule has 1 heterocycles. The summed E-state index contributed by atoms with van der Waals surface area (Å²) in [5.41, 5.74) is 3.97. The zero-order chi connectivity index (χ0) is 25.0. The van der Waals surface area contributed by atoms with E-state index in [2.05, 4.69) is 25.8 Å². The highest BCUT2D eigenvalue weighted by Gasteiger charge is 2.25. The molecule has 186 valence electrons. The van der Waals surface area contributed by atoms with E-state index in [4.69, 9.17) is 23.7 Å². The molecule has 2 aromatic carbocycles. The van der Waals surface area contributed by atoms with E-state index in [0.717, 1.165) is 35.4 Å². The van der Waals surface area contributed by atoms with Crippen molar-refractivity contribution >= 4 is 5.97 Å². The van der Waals surface area contributed by atoms with Crippen LogP contribution in [0.2, 0.25) is 0 Å². The maximum Gasteiger partial charge on any atom is 0.303 e. The lowest BCUT2D eigenvalue weighted by Gasteiger charge is -2.13. The number of aromatic nitrogens is 1. The van der Waals surface area contributed by atoms with E-state index in [1.54, 1.807) is 13.4 Å². The molecule has 35 heavy (non-hydrogen) atoms. The molecule has 0 spiro atoms. The zero-order valence-electron chi connectivity index (χ0n) is 20.8. The monoisotopic (exact) mass is 479 g/mol. The van der Waals surface area contributed by atoms with E-state index in [0.29, 0.717) is 37.0 Å².